The van der Waals surface area contributed by atoms with Crippen molar-refractivity contribution in [1.82, 2.24) is 0 Å². The number of phenolic OH excluding ortho intramolecular Hbond substituents is 2. The first kappa shape index (κ1) is 27.2. The fourth-order valence-corrected chi connectivity index (χ4v) is 6.26. The zero-order valence-electron chi connectivity index (χ0n) is 22.5. The van der Waals surface area contributed by atoms with E-state index in [4.69, 9.17) is 25.6 Å². The van der Waals surface area contributed by atoms with Gasteiger partial charge in [0, 0.05) is 45.8 Å². The largest absolute Gasteiger partial charge is 0.507 e. The summed E-state index contributed by atoms with van der Waals surface area (Å²) in [5.74, 6) is -1.98. The van der Waals surface area contributed by atoms with Crippen LogP contribution in [0.3, 0.4) is 0 Å². The number of carbonyl (C=O) groups is 3. The van der Waals surface area contributed by atoms with Crippen LogP contribution in [0.1, 0.15) is 55.5 Å². The molecular weight excluding hydrogens is 573 g/mol. The zero-order valence-corrected chi connectivity index (χ0v) is 23.3. The molecule has 1 amide bonds. The van der Waals surface area contributed by atoms with Crippen LogP contribution in [0.5, 0.6) is 11.5 Å². The molecule has 7 rings (SSSR count). The smallest absolute Gasteiger partial charge is 0.494 e. The molecule has 3 N–H and O–H groups in total. The fraction of sp³-hybridized carbons (Fsp3) is 0.156. The van der Waals surface area contributed by atoms with Crippen molar-refractivity contribution in [2.24, 2.45) is 0 Å². The molecule has 0 spiro atoms. The molecule has 4 aromatic carbocycles. The number of phenols is 2. The molecule has 2 atom stereocenters. The number of hydrogen-bond acceptors (Lipinski definition) is 8. The van der Waals surface area contributed by atoms with Gasteiger partial charge in [0.15, 0.2) is 11.6 Å². The molecule has 4 aromatic rings. The average molecular weight is 596 g/mol. The van der Waals surface area contributed by atoms with Crippen LogP contribution < -0.4 is 10.8 Å². The van der Waals surface area contributed by atoms with Crippen molar-refractivity contribution in [1.29, 1.82) is 0 Å². The number of benzene rings is 4. The minimum Gasteiger partial charge on any atom is -0.507 e. The Morgan fingerprint density at radius 2 is 1.56 bits per heavy atom. The van der Waals surface area contributed by atoms with E-state index in [1.165, 1.54) is 12.1 Å². The minimum absolute atomic E-state index is 0.0322. The molecule has 2 aliphatic carbocycles. The van der Waals surface area contributed by atoms with Gasteiger partial charge in [-0.05, 0) is 29.7 Å². The Bertz CT molecular complexity index is 1810. The van der Waals surface area contributed by atoms with E-state index in [0.717, 1.165) is 0 Å². The molecule has 1 heterocycles. The quantitative estimate of drug-likeness (QED) is 0.197. The van der Waals surface area contributed by atoms with Gasteiger partial charge in [-0.2, -0.15) is 0 Å². The Morgan fingerprint density at radius 1 is 0.930 bits per heavy atom. The van der Waals surface area contributed by atoms with Gasteiger partial charge >= 0.3 is 13.2 Å². The van der Waals surface area contributed by atoms with Crippen LogP contribution in [0.15, 0.2) is 78.9 Å². The molecule has 1 fully saturated rings. The third-order valence-corrected chi connectivity index (χ3v) is 8.36. The normalized spacial score (nSPS) is 20.1. The number of ketones is 2. The predicted octanol–water partition coefficient (Wildman–Crippen LogP) is 4.94. The van der Waals surface area contributed by atoms with Gasteiger partial charge in [-0.3, -0.25) is 14.9 Å². The van der Waals surface area contributed by atoms with Gasteiger partial charge in [0.1, 0.15) is 18.1 Å². The van der Waals surface area contributed by atoms with Gasteiger partial charge in [-0.1, -0.05) is 66.2 Å². The first-order valence-electron chi connectivity index (χ1n) is 13.6. The van der Waals surface area contributed by atoms with Gasteiger partial charge in [-0.25, -0.2) is 4.79 Å². The second-order valence-corrected chi connectivity index (χ2v) is 11.2. The number of nitrogens with one attached hydrogen (secondary N) is 1. The summed E-state index contributed by atoms with van der Waals surface area (Å²) in [6.45, 7) is -0.234. The van der Waals surface area contributed by atoms with Gasteiger partial charge in [0.2, 0.25) is 0 Å². The summed E-state index contributed by atoms with van der Waals surface area (Å²) in [6.07, 6.45) is -1.49. The van der Waals surface area contributed by atoms with E-state index in [9.17, 15) is 24.6 Å². The van der Waals surface area contributed by atoms with E-state index < -0.39 is 48.0 Å². The number of hydrogen-bond donors (Lipinski definition) is 3. The molecule has 2 bridgehead atoms. The van der Waals surface area contributed by atoms with Crippen LogP contribution in [0.2, 0.25) is 5.02 Å². The summed E-state index contributed by atoms with van der Waals surface area (Å²) in [6, 6.07) is 21.9. The summed E-state index contributed by atoms with van der Waals surface area (Å²) >= 11 is 5.93. The summed E-state index contributed by atoms with van der Waals surface area (Å²) in [5.41, 5.74) is 0.135. The molecule has 1 saturated heterocycles. The number of rotatable bonds is 4. The fourth-order valence-electron chi connectivity index (χ4n) is 6.14. The number of carbonyl (C=O) groups excluding carboxylic acids is 3. The third kappa shape index (κ3) is 4.55. The molecule has 0 saturated carbocycles. The number of anilines is 1. The van der Waals surface area contributed by atoms with Crippen molar-refractivity contribution in [3.63, 3.8) is 0 Å². The molecule has 214 valence electrons. The highest BCUT2D eigenvalue weighted by molar-refractivity contribution is 6.61. The number of aromatic hydroxyl groups is 2. The van der Waals surface area contributed by atoms with E-state index in [0.29, 0.717) is 16.2 Å². The Morgan fingerprint density at radius 3 is 2.23 bits per heavy atom. The summed E-state index contributed by atoms with van der Waals surface area (Å²) < 4.78 is 18.4. The monoisotopic (exact) mass is 595 g/mol. The number of amides is 1. The van der Waals surface area contributed by atoms with Crippen LogP contribution >= 0.6 is 11.6 Å². The van der Waals surface area contributed by atoms with Crippen molar-refractivity contribution in [3.8, 4) is 11.5 Å². The maximum absolute atomic E-state index is 13.5. The van der Waals surface area contributed by atoms with Crippen molar-refractivity contribution in [2.45, 2.75) is 24.5 Å². The maximum Gasteiger partial charge on any atom is 0.494 e. The van der Waals surface area contributed by atoms with Crippen LogP contribution in [0.4, 0.5) is 10.5 Å². The summed E-state index contributed by atoms with van der Waals surface area (Å²) in [7, 11) is -0.910. The van der Waals surface area contributed by atoms with Crippen LogP contribution in [-0.4, -0.2) is 47.2 Å². The SMILES string of the molecule is O=C(Nc1ccc(Cl)cc1)OC[C@]12Cc3c(O)c4c(c(O)c3[C@H](C1)OB(c1ccccc1)O2)C(=O)c1ccccc1C4=O. The highest BCUT2D eigenvalue weighted by Gasteiger charge is 2.53. The molecule has 0 radical (unpaired) electrons. The molecule has 1 aliphatic heterocycles. The second-order valence-electron chi connectivity index (χ2n) is 10.8. The molecule has 43 heavy (non-hydrogen) atoms. The van der Waals surface area contributed by atoms with Crippen molar-refractivity contribution < 1.29 is 38.6 Å². The topological polar surface area (TPSA) is 131 Å². The number of ether oxygens (including phenoxy) is 1. The molecular formula is C32H23BClNO8. The first-order chi connectivity index (χ1) is 20.7. The number of fused-ring (bicyclic) bond motifs is 6. The van der Waals surface area contributed by atoms with Crippen molar-refractivity contribution in [3.05, 3.63) is 117 Å². The average Bonchev–Trinajstić information content (AvgIpc) is 3.02. The lowest BCUT2D eigenvalue weighted by Crippen LogP contribution is -2.58. The van der Waals surface area contributed by atoms with E-state index >= 15 is 0 Å². The van der Waals surface area contributed by atoms with Crippen LogP contribution in [-0.2, 0) is 20.5 Å². The Labute approximate surface area is 251 Å². The Balaban J connectivity index is 1.28. The van der Waals surface area contributed by atoms with E-state index in [1.54, 1.807) is 36.4 Å². The first-order valence-corrected chi connectivity index (χ1v) is 14.0. The molecule has 11 heteroatoms. The number of halogens is 1. The molecule has 9 nitrogen and oxygen atoms in total. The minimum atomic E-state index is -1.20. The summed E-state index contributed by atoms with van der Waals surface area (Å²) in [4.78, 5) is 39.8. The lowest BCUT2D eigenvalue weighted by atomic mass is 9.68. The van der Waals surface area contributed by atoms with Crippen molar-refractivity contribution >= 4 is 47.5 Å². The Hall–Kier alpha value is -4.64. The molecule has 3 aliphatic rings. The van der Waals surface area contributed by atoms with Crippen LogP contribution in [0.25, 0.3) is 0 Å². The van der Waals surface area contributed by atoms with Crippen molar-refractivity contribution in [2.75, 3.05) is 11.9 Å². The molecule has 0 aromatic heterocycles. The highest BCUT2D eigenvalue weighted by Crippen LogP contribution is 2.53. The zero-order chi connectivity index (χ0) is 29.9. The lowest BCUT2D eigenvalue weighted by Gasteiger charge is -2.48. The van der Waals surface area contributed by atoms with Gasteiger partial charge in [-0.15, -0.1) is 0 Å². The lowest BCUT2D eigenvalue weighted by molar-refractivity contribution is -0.0922. The summed E-state index contributed by atoms with van der Waals surface area (Å²) in [5, 5.41) is 26.3. The van der Waals surface area contributed by atoms with Gasteiger partial charge in [0.25, 0.3) is 0 Å². The van der Waals surface area contributed by atoms with E-state index in [2.05, 4.69) is 5.32 Å². The highest BCUT2D eigenvalue weighted by atomic mass is 35.5. The van der Waals surface area contributed by atoms with E-state index in [1.807, 2.05) is 30.3 Å². The second kappa shape index (κ2) is 10.3. The Kier molecular flexibility index (Phi) is 6.50. The van der Waals surface area contributed by atoms with Gasteiger partial charge in [0.05, 0.1) is 22.8 Å². The van der Waals surface area contributed by atoms with E-state index in [-0.39, 0.29) is 52.8 Å². The predicted molar refractivity (Wildman–Crippen MR) is 157 cm³/mol. The molecule has 0 unspecified atom stereocenters. The maximum atomic E-state index is 13.5. The van der Waals surface area contributed by atoms with Crippen LogP contribution in [0, 0.1) is 0 Å². The standard InChI is InChI=1S/C32H23BClNO8/c34-18-10-12-19(13-11-18)35-31(40)41-16-32-14-22-24(23(15-32)42-33(43-32)17-6-2-1-3-7-17)30(39)26-25(29(22)38)27(36)20-8-4-5-9-21(20)28(26)37/h1-13,23,38-39H,14-16H2,(H,35,40)/t23-,32-/m0/s1. The third-order valence-electron chi connectivity index (χ3n) is 8.11. The van der Waals surface area contributed by atoms with Gasteiger partial charge < -0.3 is 24.3 Å².